The molecule has 4 rings (SSSR count). The van der Waals surface area contributed by atoms with Crippen molar-refractivity contribution < 1.29 is 14.3 Å². The van der Waals surface area contributed by atoms with E-state index in [9.17, 15) is 9.59 Å². The second-order valence-corrected chi connectivity index (χ2v) is 8.16. The van der Waals surface area contributed by atoms with Crippen molar-refractivity contribution >= 4 is 11.8 Å². The maximum Gasteiger partial charge on any atom is 0.228 e. The number of hydrogen-bond acceptors (Lipinski definition) is 4. The van der Waals surface area contributed by atoms with Crippen molar-refractivity contribution in [1.29, 1.82) is 0 Å². The van der Waals surface area contributed by atoms with E-state index in [1.165, 1.54) is 12.8 Å². The predicted octanol–water partition coefficient (Wildman–Crippen LogP) is 0.282. The molecule has 0 bridgehead atoms. The standard InChI is InChI=1S/C18H29N3O3/c1-19-5-2-13(3-6-19)8-20-9-15-10-21(11-16(15)18(20)23)17(22)14-4-7-24-12-14/h13-16H,2-12H2,1H3/t14?,15-,16+/m1/s1. The molecule has 3 atom stereocenters. The van der Waals surface area contributed by atoms with E-state index < -0.39 is 0 Å². The van der Waals surface area contributed by atoms with E-state index in [4.69, 9.17) is 4.74 Å². The third kappa shape index (κ3) is 3.06. The molecule has 0 aromatic heterocycles. The molecular weight excluding hydrogens is 306 g/mol. The Morgan fingerprint density at radius 3 is 2.62 bits per heavy atom. The molecule has 0 radical (unpaired) electrons. The Hall–Kier alpha value is -1.14. The summed E-state index contributed by atoms with van der Waals surface area (Å²) in [5.74, 6) is 1.55. The van der Waals surface area contributed by atoms with Crippen LogP contribution in [0.1, 0.15) is 19.3 Å². The highest BCUT2D eigenvalue weighted by Crippen LogP contribution is 2.34. The maximum atomic E-state index is 12.8. The van der Waals surface area contributed by atoms with Gasteiger partial charge in [0.25, 0.3) is 0 Å². The summed E-state index contributed by atoms with van der Waals surface area (Å²) in [6.07, 6.45) is 3.23. The van der Waals surface area contributed by atoms with Crippen LogP contribution in [0.25, 0.3) is 0 Å². The summed E-state index contributed by atoms with van der Waals surface area (Å²) < 4.78 is 5.34. The van der Waals surface area contributed by atoms with E-state index in [-0.39, 0.29) is 23.7 Å². The summed E-state index contributed by atoms with van der Waals surface area (Å²) in [5.41, 5.74) is 0. The Labute approximate surface area is 144 Å². The lowest BCUT2D eigenvalue weighted by atomic mass is 9.96. The highest BCUT2D eigenvalue weighted by Gasteiger charge is 2.48. The van der Waals surface area contributed by atoms with Crippen LogP contribution in [0.3, 0.4) is 0 Å². The van der Waals surface area contributed by atoms with Crippen molar-refractivity contribution in [2.75, 3.05) is 59.5 Å². The SMILES string of the molecule is CN1CCC(CN2C[C@@H]3CN(C(=O)C4CCOC4)C[C@@H]3C2=O)CC1. The van der Waals surface area contributed by atoms with E-state index in [0.29, 0.717) is 31.6 Å². The van der Waals surface area contributed by atoms with Crippen LogP contribution in [-0.2, 0) is 14.3 Å². The molecule has 4 aliphatic rings. The molecule has 6 heteroatoms. The van der Waals surface area contributed by atoms with Crippen LogP contribution in [0.4, 0.5) is 0 Å². The lowest BCUT2D eigenvalue weighted by Gasteiger charge is -2.32. The summed E-state index contributed by atoms with van der Waals surface area (Å²) in [5, 5.41) is 0. The highest BCUT2D eigenvalue weighted by atomic mass is 16.5. The number of carbonyl (C=O) groups is 2. The Morgan fingerprint density at radius 1 is 1.17 bits per heavy atom. The molecule has 4 heterocycles. The molecule has 134 valence electrons. The summed E-state index contributed by atoms with van der Waals surface area (Å²) in [4.78, 5) is 31.7. The fourth-order valence-electron chi connectivity index (χ4n) is 4.83. The molecule has 4 aliphatic heterocycles. The van der Waals surface area contributed by atoms with Gasteiger partial charge in [-0.1, -0.05) is 0 Å². The van der Waals surface area contributed by atoms with Crippen LogP contribution in [0.5, 0.6) is 0 Å². The predicted molar refractivity (Wildman–Crippen MR) is 89.3 cm³/mol. The maximum absolute atomic E-state index is 12.8. The zero-order valence-electron chi connectivity index (χ0n) is 14.7. The van der Waals surface area contributed by atoms with Crippen LogP contribution in [0.2, 0.25) is 0 Å². The van der Waals surface area contributed by atoms with E-state index in [0.717, 1.165) is 39.1 Å². The average Bonchev–Trinajstić information content (AvgIpc) is 3.29. The van der Waals surface area contributed by atoms with Crippen LogP contribution in [0, 0.1) is 23.7 Å². The van der Waals surface area contributed by atoms with Crippen molar-refractivity contribution in [2.24, 2.45) is 23.7 Å². The van der Waals surface area contributed by atoms with Crippen molar-refractivity contribution in [2.45, 2.75) is 19.3 Å². The van der Waals surface area contributed by atoms with Gasteiger partial charge in [0.2, 0.25) is 11.8 Å². The molecule has 0 aliphatic carbocycles. The van der Waals surface area contributed by atoms with Crippen molar-refractivity contribution in [3.8, 4) is 0 Å². The fraction of sp³-hybridized carbons (Fsp3) is 0.889. The number of nitrogens with zero attached hydrogens (tertiary/aromatic N) is 3. The Bertz CT molecular complexity index is 498. The topological polar surface area (TPSA) is 53.1 Å². The second-order valence-electron chi connectivity index (χ2n) is 8.16. The minimum absolute atomic E-state index is 0.0225. The fourth-order valence-corrected chi connectivity index (χ4v) is 4.83. The van der Waals surface area contributed by atoms with Crippen molar-refractivity contribution in [3.63, 3.8) is 0 Å². The van der Waals surface area contributed by atoms with Gasteiger partial charge in [-0.2, -0.15) is 0 Å². The first-order valence-electron chi connectivity index (χ1n) is 9.45. The zero-order valence-corrected chi connectivity index (χ0v) is 14.7. The third-order valence-electron chi connectivity index (χ3n) is 6.43. The largest absolute Gasteiger partial charge is 0.381 e. The molecule has 6 nitrogen and oxygen atoms in total. The Kier molecular flexibility index (Phi) is 4.52. The van der Waals surface area contributed by atoms with Gasteiger partial charge in [0.15, 0.2) is 0 Å². The minimum atomic E-state index is 0.0225. The molecule has 4 saturated heterocycles. The molecule has 2 amide bonds. The number of amides is 2. The van der Waals surface area contributed by atoms with Gasteiger partial charge in [0.1, 0.15) is 0 Å². The second kappa shape index (κ2) is 6.64. The zero-order chi connectivity index (χ0) is 16.7. The Morgan fingerprint density at radius 2 is 1.96 bits per heavy atom. The number of hydrogen-bond donors (Lipinski definition) is 0. The van der Waals surface area contributed by atoms with Gasteiger partial charge in [0.05, 0.1) is 18.4 Å². The van der Waals surface area contributed by atoms with Gasteiger partial charge in [-0.25, -0.2) is 0 Å². The molecular formula is C18H29N3O3. The number of rotatable bonds is 3. The summed E-state index contributed by atoms with van der Waals surface area (Å²) in [6, 6.07) is 0. The van der Waals surface area contributed by atoms with Crippen LogP contribution < -0.4 is 0 Å². The van der Waals surface area contributed by atoms with Gasteiger partial charge in [0, 0.05) is 38.7 Å². The van der Waals surface area contributed by atoms with Gasteiger partial charge in [-0.15, -0.1) is 0 Å². The van der Waals surface area contributed by atoms with Gasteiger partial charge in [-0.3, -0.25) is 9.59 Å². The molecule has 0 aromatic carbocycles. The lowest BCUT2D eigenvalue weighted by Crippen LogP contribution is -2.41. The quantitative estimate of drug-likeness (QED) is 0.743. The average molecular weight is 335 g/mol. The number of piperidine rings is 1. The van der Waals surface area contributed by atoms with E-state index >= 15 is 0 Å². The number of likely N-dealkylation sites (tertiary alicyclic amines) is 3. The summed E-state index contributed by atoms with van der Waals surface area (Å²) in [7, 11) is 2.17. The lowest BCUT2D eigenvalue weighted by molar-refractivity contribution is -0.136. The van der Waals surface area contributed by atoms with Crippen molar-refractivity contribution in [1.82, 2.24) is 14.7 Å². The first-order valence-corrected chi connectivity index (χ1v) is 9.45. The van der Waals surface area contributed by atoms with Crippen LogP contribution in [0.15, 0.2) is 0 Å². The number of ether oxygens (including phenoxy) is 1. The number of fused-ring (bicyclic) bond motifs is 1. The molecule has 0 aromatic rings. The van der Waals surface area contributed by atoms with Crippen molar-refractivity contribution in [3.05, 3.63) is 0 Å². The van der Waals surface area contributed by atoms with E-state index in [1.54, 1.807) is 0 Å². The smallest absolute Gasteiger partial charge is 0.228 e. The number of carbonyl (C=O) groups excluding carboxylic acids is 2. The first-order chi connectivity index (χ1) is 11.6. The normalized spacial score (nSPS) is 35.0. The van der Waals surface area contributed by atoms with Gasteiger partial charge in [-0.05, 0) is 45.3 Å². The minimum Gasteiger partial charge on any atom is -0.381 e. The van der Waals surface area contributed by atoms with Crippen LogP contribution in [-0.4, -0.2) is 86.0 Å². The third-order valence-corrected chi connectivity index (χ3v) is 6.43. The van der Waals surface area contributed by atoms with E-state index in [1.807, 2.05) is 4.90 Å². The van der Waals surface area contributed by atoms with E-state index in [2.05, 4.69) is 16.8 Å². The summed E-state index contributed by atoms with van der Waals surface area (Å²) in [6.45, 7) is 6.70. The summed E-state index contributed by atoms with van der Waals surface area (Å²) >= 11 is 0. The van der Waals surface area contributed by atoms with Crippen LogP contribution >= 0.6 is 0 Å². The molecule has 0 spiro atoms. The molecule has 4 fully saturated rings. The first kappa shape index (κ1) is 16.3. The molecule has 0 N–H and O–H groups in total. The molecule has 24 heavy (non-hydrogen) atoms. The molecule has 0 saturated carbocycles. The Balaban J connectivity index is 1.30. The van der Waals surface area contributed by atoms with Gasteiger partial charge < -0.3 is 19.4 Å². The highest BCUT2D eigenvalue weighted by molar-refractivity contribution is 5.85. The molecule has 1 unspecified atom stereocenters. The monoisotopic (exact) mass is 335 g/mol. The van der Waals surface area contributed by atoms with Gasteiger partial charge >= 0.3 is 0 Å².